The third-order valence-electron chi connectivity index (χ3n) is 3.31. The van der Waals surface area contributed by atoms with E-state index in [0.717, 1.165) is 29.7 Å². The molecule has 2 atom stereocenters. The van der Waals surface area contributed by atoms with E-state index in [1.54, 1.807) is 7.11 Å². The quantitative estimate of drug-likeness (QED) is 0.605. The zero-order chi connectivity index (χ0) is 12.7. The summed E-state index contributed by atoms with van der Waals surface area (Å²) in [7, 11) is 1.64. The second-order valence-electron chi connectivity index (χ2n) is 4.84. The number of aryl methyl sites for hydroxylation is 1. The molecule has 0 bridgehead atoms. The number of rotatable bonds is 4. The standard InChI is InChI=1S/C14H16O4/c1-8-7-10(16-2)5-6-11(8)12-13(18-12)14(15)17-9-3-4-9/h5-7,9,12-13H,3-4H2,1-2H3. The second kappa shape index (κ2) is 4.28. The van der Waals surface area contributed by atoms with Crippen LogP contribution in [0.15, 0.2) is 18.2 Å². The molecule has 1 saturated heterocycles. The average Bonchev–Trinajstić information content (AvgIpc) is 3.22. The molecular weight excluding hydrogens is 232 g/mol. The number of ether oxygens (including phenoxy) is 3. The monoisotopic (exact) mass is 248 g/mol. The van der Waals surface area contributed by atoms with E-state index in [1.165, 1.54) is 0 Å². The third-order valence-corrected chi connectivity index (χ3v) is 3.31. The Morgan fingerprint density at radius 3 is 2.78 bits per heavy atom. The van der Waals surface area contributed by atoms with Crippen molar-refractivity contribution in [3.63, 3.8) is 0 Å². The van der Waals surface area contributed by atoms with Crippen LogP contribution in [0.1, 0.15) is 30.1 Å². The Labute approximate surface area is 106 Å². The molecule has 0 spiro atoms. The Kier molecular flexibility index (Phi) is 2.74. The molecule has 2 aliphatic rings. The largest absolute Gasteiger partial charge is 0.497 e. The van der Waals surface area contributed by atoms with Crippen molar-refractivity contribution in [1.82, 2.24) is 0 Å². The van der Waals surface area contributed by atoms with Crippen molar-refractivity contribution in [2.24, 2.45) is 0 Å². The predicted molar refractivity (Wildman–Crippen MR) is 64.5 cm³/mol. The van der Waals surface area contributed by atoms with Gasteiger partial charge in [-0.2, -0.15) is 0 Å². The minimum Gasteiger partial charge on any atom is -0.497 e. The molecule has 2 unspecified atom stereocenters. The lowest BCUT2D eigenvalue weighted by atomic mass is 10.0. The molecule has 1 heterocycles. The van der Waals surface area contributed by atoms with E-state index in [0.29, 0.717) is 0 Å². The Morgan fingerprint density at radius 1 is 1.39 bits per heavy atom. The first-order valence-corrected chi connectivity index (χ1v) is 6.19. The lowest BCUT2D eigenvalue weighted by Gasteiger charge is -2.05. The number of carbonyl (C=O) groups is 1. The molecule has 4 nitrogen and oxygen atoms in total. The highest BCUT2D eigenvalue weighted by atomic mass is 16.6. The number of hydrogen-bond donors (Lipinski definition) is 0. The van der Waals surface area contributed by atoms with Gasteiger partial charge in [-0.15, -0.1) is 0 Å². The maximum Gasteiger partial charge on any atom is 0.338 e. The Balaban J connectivity index is 1.67. The summed E-state index contributed by atoms with van der Waals surface area (Å²) in [5, 5.41) is 0. The molecule has 96 valence electrons. The van der Waals surface area contributed by atoms with Gasteiger partial charge in [0, 0.05) is 0 Å². The van der Waals surface area contributed by atoms with Crippen molar-refractivity contribution in [2.75, 3.05) is 7.11 Å². The van der Waals surface area contributed by atoms with Crippen LogP contribution >= 0.6 is 0 Å². The smallest absolute Gasteiger partial charge is 0.338 e. The Bertz CT molecular complexity index is 479. The van der Waals surface area contributed by atoms with Crippen molar-refractivity contribution in [3.05, 3.63) is 29.3 Å². The molecule has 4 heteroatoms. The molecule has 1 aliphatic heterocycles. The molecule has 18 heavy (non-hydrogen) atoms. The van der Waals surface area contributed by atoms with E-state index >= 15 is 0 Å². The summed E-state index contributed by atoms with van der Waals surface area (Å²) in [6.07, 6.45) is 1.55. The summed E-state index contributed by atoms with van der Waals surface area (Å²) in [5.74, 6) is 0.590. The van der Waals surface area contributed by atoms with Gasteiger partial charge >= 0.3 is 5.97 Å². The summed E-state index contributed by atoms with van der Waals surface area (Å²) in [4.78, 5) is 11.7. The minimum absolute atomic E-state index is 0.138. The molecule has 1 aromatic carbocycles. The SMILES string of the molecule is COc1ccc(C2OC2C(=O)OC2CC2)c(C)c1. The fourth-order valence-electron chi connectivity index (χ4n) is 2.04. The number of esters is 1. The van der Waals surface area contributed by atoms with E-state index in [4.69, 9.17) is 14.2 Å². The summed E-state index contributed by atoms with van der Waals surface area (Å²) in [5.41, 5.74) is 2.11. The molecule has 0 aromatic heterocycles. The number of carbonyl (C=O) groups excluding carboxylic acids is 1. The van der Waals surface area contributed by atoms with Gasteiger partial charge in [0.15, 0.2) is 6.10 Å². The highest BCUT2D eigenvalue weighted by molar-refractivity contribution is 5.79. The van der Waals surface area contributed by atoms with Gasteiger partial charge in [-0.25, -0.2) is 4.79 Å². The van der Waals surface area contributed by atoms with Crippen LogP contribution in [0.3, 0.4) is 0 Å². The number of methoxy groups -OCH3 is 1. The van der Waals surface area contributed by atoms with Gasteiger partial charge in [0.1, 0.15) is 18.0 Å². The first-order valence-electron chi connectivity index (χ1n) is 6.19. The number of benzene rings is 1. The molecule has 3 rings (SSSR count). The number of hydrogen-bond acceptors (Lipinski definition) is 4. The van der Waals surface area contributed by atoms with Crippen LogP contribution in [0.4, 0.5) is 0 Å². The van der Waals surface area contributed by atoms with E-state index in [1.807, 2.05) is 25.1 Å². The van der Waals surface area contributed by atoms with Gasteiger partial charge in [-0.05, 0) is 43.0 Å². The van der Waals surface area contributed by atoms with Crippen molar-refractivity contribution in [3.8, 4) is 5.75 Å². The molecule has 2 fully saturated rings. The summed E-state index contributed by atoms with van der Waals surface area (Å²) < 4.78 is 15.8. The summed E-state index contributed by atoms with van der Waals surface area (Å²) in [6.45, 7) is 1.99. The highest BCUT2D eigenvalue weighted by Crippen LogP contribution is 2.42. The molecule has 0 radical (unpaired) electrons. The zero-order valence-corrected chi connectivity index (χ0v) is 10.5. The van der Waals surface area contributed by atoms with Crippen molar-refractivity contribution in [2.45, 2.75) is 38.1 Å². The highest BCUT2D eigenvalue weighted by Gasteiger charge is 2.49. The molecule has 0 N–H and O–H groups in total. The van der Waals surface area contributed by atoms with Gasteiger partial charge in [-0.3, -0.25) is 0 Å². The fourth-order valence-corrected chi connectivity index (χ4v) is 2.04. The fraction of sp³-hybridized carbons (Fsp3) is 0.500. The van der Waals surface area contributed by atoms with Gasteiger partial charge < -0.3 is 14.2 Å². The van der Waals surface area contributed by atoms with Gasteiger partial charge in [0.25, 0.3) is 0 Å². The van der Waals surface area contributed by atoms with Gasteiger partial charge in [0.05, 0.1) is 7.11 Å². The van der Waals surface area contributed by atoms with Crippen LogP contribution in [-0.2, 0) is 14.3 Å². The molecule has 1 aliphatic carbocycles. The van der Waals surface area contributed by atoms with E-state index in [-0.39, 0.29) is 18.2 Å². The van der Waals surface area contributed by atoms with E-state index in [9.17, 15) is 4.79 Å². The predicted octanol–water partition coefficient (Wildman–Crippen LogP) is 2.15. The minimum atomic E-state index is -0.419. The van der Waals surface area contributed by atoms with Gasteiger partial charge in [0.2, 0.25) is 0 Å². The first-order chi connectivity index (χ1) is 8.69. The zero-order valence-electron chi connectivity index (χ0n) is 10.5. The third kappa shape index (κ3) is 2.20. The van der Waals surface area contributed by atoms with Crippen molar-refractivity contribution >= 4 is 5.97 Å². The number of epoxide rings is 1. The van der Waals surface area contributed by atoms with Crippen LogP contribution in [0, 0.1) is 6.92 Å². The second-order valence-corrected chi connectivity index (χ2v) is 4.84. The molecule has 1 aromatic rings. The summed E-state index contributed by atoms with van der Waals surface area (Å²) in [6, 6.07) is 5.77. The van der Waals surface area contributed by atoms with Crippen LogP contribution in [-0.4, -0.2) is 25.3 Å². The molecule has 0 amide bonds. The van der Waals surface area contributed by atoms with Crippen LogP contribution < -0.4 is 4.74 Å². The normalized spacial score (nSPS) is 25.7. The van der Waals surface area contributed by atoms with E-state index < -0.39 is 6.10 Å². The topological polar surface area (TPSA) is 48.1 Å². The maximum atomic E-state index is 11.7. The Morgan fingerprint density at radius 2 is 2.17 bits per heavy atom. The average molecular weight is 248 g/mol. The van der Waals surface area contributed by atoms with Crippen LogP contribution in [0.25, 0.3) is 0 Å². The lowest BCUT2D eigenvalue weighted by Crippen LogP contribution is -2.13. The molecular formula is C14H16O4. The Hall–Kier alpha value is -1.55. The van der Waals surface area contributed by atoms with Crippen LogP contribution in [0.2, 0.25) is 0 Å². The van der Waals surface area contributed by atoms with Crippen molar-refractivity contribution in [1.29, 1.82) is 0 Å². The lowest BCUT2D eigenvalue weighted by molar-refractivity contribution is -0.146. The molecule has 1 saturated carbocycles. The van der Waals surface area contributed by atoms with Gasteiger partial charge in [-0.1, -0.05) is 6.07 Å². The van der Waals surface area contributed by atoms with Crippen LogP contribution in [0.5, 0.6) is 5.75 Å². The van der Waals surface area contributed by atoms with E-state index in [2.05, 4.69) is 0 Å². The first kappa shape index (κ1) is 11.5. The summed E-state index contributed by atoms with van der Waals surface area (Å²) >= 11 is 0. The van der Waals surface area contributed by atoms with Crippen molar-refractivity contribution < 1.29 is 19.0 Å². The maximum absolute atomic E-state index is 11.7.